The molecule has 1 N–H and O–H groups in total. The van der Waals surface area contributed by atoms with Gasteiger partial charge in [0.25, 0.3) is 5.69 Å². The van der Waals surface area contributed by atoms with Crippen LogP contribution in [0, 0.1) is 15.5 Å². The molecular weight excluding hydrogens is 405 g/mol. The molecule has 7 nitrogen and oxygen atoms in total. The summed E-state index contributed by atoms with van der Waals surface area (Å²) in [7, 11) is 0. The summed E-state index contributed by atoms with van der Waals surface area (Å²) >= 11 is 0. The Balaban J connectivity index is 2.11. The molecule has 2 rings (SSSR count). The molecule has 10 heteroatoms. The molecule has 0 spiro atoms. The molecule has 0 aromatic heterocycles. The topological polar surface area (TPSA) is 98.5 Å². The molecule has 2 aromatic carbocycles. The van der Waals surface area contributed by atoms with Crippen molar-refractivity contribution in [3.05, 3.63) is 63.7 Å². The summed E-state index contributed by atoms with van der Waals surface area (Å²) in [4.78, 5) is 34.0. The van der Waals surface area contributed by atoms with E-state index in [1.54, 1.807) is 20.8 Å². The van der Waals surface area contributed by atoms with Gasteiger partial charge in [0, 0.05) is 28.8 Å². The Labute approximate surface area is 170 Å². The highest BCUT2D eigenvalue weighted by atomic mass is 19.4. The van der Waals surface area contributed by atoms with E-state index in [0.29, 0.717) is 11.8 Å². The summed E-state index contributed by atoms with van der Waals surface area (Å²) in [5, 5.41) is 13.4. The fourth-order valence-electron chi connectivity index (χ4n) is 2.26. The van der Waals surface area contributed by atoms with E-state index in [1.165, 1.54) is 24.3 Å². The molecule has 160 valence electrons. The number of rotatable bonds is 6. The fourth-order valence-corrected chi connectivity index (χ4v) is 2.26. The van der Waals surface area contributed by atoms with Crippen LogP contribution in [0.25, 0.3) is 0 Å². The van der Waals surface area contributed by atoms with Crippen molar-refractivity contribution in [2.75, 3.05) is 11.9 Å². The maximum atomic E-state index is 13.1. The lowest BCUT2D eigenvalue weighted by molar-refractivity contribution is -0.385. The second-order valence-corrected chi connectivity index (χ2v) is 7.43. The van der Waals surface area contributed by atoms with Crippen LogP contribution in [0.5, 0.6) is 5.75 Å². The number of nitrogens with one attached hydrogen (secondary N) is 1. The van der Waals surface area contributed by atoms with Gasteiger partial charge in [-0.3, -0.25) is 19.7 Å². The van der Waals surface area contributed by atoms with Gasteiger partial charge in [-0.2, -0.15) is 13.2 Å². The molecule has 0 atom stereocenters. The number of carbonyl (C=O) groups excluding carboxylic acids is 2. The van der Waals surface area contributed by atoms with Gasteiger partial charge in [0.2, 0.25) is 5.91 Å². The Morgan fingerprint density at radius 2 is 1.67 bits per heavy atom. The van der Waals surface area contributed by atoms with Crippen LogP contribution in [-0.4, -0.2) is 23.2 Å². The summed E-state index contributed by atoms with van der Waals surface area (Å²) < 4.78 is 44.4. The number of Topliss-reactive ketones (excluding diaryl/α,β-unsaturated/α-hetero) is 1. The molecule has 2 aromatic rings. The average Bonchev–Trinajstić information content (AvgIpc) is 2.65. The molecule has 0 unspecified atom stereocenters. The maximum absolute atomic E-state index is 13.1. The van der Waals surface area contributed by atoms with E-state index in [-0.39, 0.29) is 11.5 Å². The minimum absolute atomic E-state index is 0.166. The van der Waals surface area contributed by atoms with Gasteiger partial charge >= 0.3 is 6.18 Å². The summed E-state index contributed by atoms with van der Waals surface area (Å²) in [6.07, 6.45) is -4.89. The Morgan fingerprint density at radius 1 is 1.07 bits per heavy atom. The van der Waals surface area contributed by atoms with Gasteiger partial charge in [0.05, 0.1) is 4.92 Å². The van der Waals surface area contributed by atoms with Crippen LogP contribution in [0.4, 0.5) is 24.5 Å². The number of benzene rings is 2. The fraction of sp³-hybridized carbons (Fsp3) is 0.300. The third kappa shape index (κ3) is 5.79. The largest absolute Gasteiger partial charge is 0.485 e. The summed E-state index contributed by atoms with van der Waals surface area (Å²) in [6, 6.07) is 7.82. The van der Waals surface area contributed by atoms with Crippen molar-refractivity contribution in [1.82, 2.24) is 0 Å². The number of alkyl halides is 3. The van der Waals surface area contributed by atoms with Gasteiger partial charge in [-0.1, -0.05) is 20.8 Å². The van der Waals surface area contributed by atoms with Gasteiger partial charge in [-0.25, -0.2) is 0 Å². The molecule has 0 heterocycles. The van der Waals surface area contributed by atoms with Gasteiger partial charge in [-0.15, -0.1) is 0 Å². The number of hydrogen-bond donors (Lipinski definition) is 1. The standard InChI is InChI=1S/C20H19F3N2O5/c1-19(2,3)18(27)24-13-6-4-12(5-7-13)16(26)11-30-17-9-8-14(25(28)29)10-15(17)20(21,22)23/h4-10H,11H2,1-3H3,(H,24,27). The van der Waals surface area contributed by atoms with E-state index < -0.39 is 45.9 Å². The van der Waals surface area contributed by atoms with Gasteiger partial charge in [0.15, 0.2) is 12.4 Å². The number of nitrogens with zero attached hydrogens (tertiary/aromatic N) is 1. The van der Waals surface area contributed by atoms with E-state index in [2.05, 4.69) is 5.32 Å². The van der Waals surface area contributed by atoms with Crippen molar-refractivity contribution in [2.24, 2.45) is 5.41 Å². The predicted octanol–water partition coefficient (Wildman–Crippen LogP) is 4.86. The third-order valence-corrected chi connectivity index (χ3v) is 3.98. The van der Waals surface area contributed by atoms with Crippen molar-refractivity contribution in [1.29, 1.82) is 0 Å². The number of hydrogen-bond acceptors (Lipinski definition) is 5. The van der Waals surface area contributed by atoms with Crippen LogP contribution in [0.15, 0.2) is 42.5 Å². The minimum atomic E-state index is -4.89. The first-order valence-corrected chi connectivity index (χ1v) is 8.72. The number of ether oxygens (including phenoxy) is 1. The molecule has 0 saturated heterocycles. The summed E-state index contributed by atoms with van der Waals surface area (Å²) in [6.45, 7) is 4.52. The molecule has 30 heavy (non-hydrogen) atoms. The second kappa shape index (κ2) is 8.52. The molecular formula is C20H19F3N2O5. The summed E-state index contributed by atoms with van der Waals surface area (Å²) in [5.41, 5.74) is -2.07. The van der Waals surface area contributed by atoms with E-state index >= 15 is 0 Å². The Morgan fingerprint density at radius 3 is 2.17 bits per heavy atom. The summed E-state index contributed by atoms with van der Waals surface area (Å²) in [5.74, 6) is -1.51. The molecule has 0 aliphatic heterocycles. The third-order valence-electron chi connectivity index (χ3n) is 3.98. The second-order valence-electron chi connectivity index (χ2n) is 7.43. The number of halogens is 3. The van der Waals surface area contributed by atoms with Crippen molar-refractivity contribution in [3.63, 3.8) is 0 Å². The monoisotopic (exact) mass is 424 g/mol. The lowest BCUT2D eigenvalue weighted by atomic mass is 9.95. The van der Waals surface area contributed by atoms with E-state index in [9.17, 15) is 32.9 Å². The van der Waals surface area contributed by atoms with Crippen LogP contribution in [-0.2, 0) is 11.0 Å². The van der Waals surface area contributed by atoms with Gasteiger partial charge < -0.3 is 10.1 Å². The highest BCUT2D eigenvalue weighted by Crippen LogP contribution is 2.38. The van der Waals surface area contributed by atoms with Crippen molar-refractivity contribution < 1.29 is 32.4 Å². The molecule has 0 saturated carbocycles. The Hall–Kier alpha value is -3.43. The highest BCUT2D eigenvalue weighted by Gasteiger charge is 2.36. The number of amides is 1. The van der Waals surface area contributed by atoms with E-state index in [1.807, 2.05) is 0 Å². The zero-order chi connectivity index (χ0) is 22.7. The first-order valence-electron chi connectivity index (χ1n) is 8.72. The molecule has 0 radical (unpaired) electrons. The molecule has 0 aliphatic rings. The number of non-ortho nitro benzene ring substituents is 1. The highest BCUT2D eigenvalue weighted by molar-refractivity contribution is 5.98. The first kappa shape index (κ1) is 22.9. The molecule has 0 bridgehead atoms. The minimum Gasteiger partial charge on any atom is -0.485 e. The Bertz CT molecular complexity index is 964. The van der Waals surface area contributed by atoms with Crippen LogP contribution in [0.3, 0.4) is 0 Å². The van der Waals surface area contributed by atoms with Crippen LogP contribution in [0.1, 0.15) is 36.7 Å². The lowest BCUT2D eigenvalue weighted by Gasteiger charge is -2.17. The van der Waals surface area contributed by atoms with Crippen molar-refractivity contribution in [3.8, 4) is 5.75 Å². The van der Waals surface area contributed by atoms with E-state index in [4.69, 9.17) is 4.74 Å². The molecule has 1 amide bonds. The Kier molecular flexibility index (Phi) is 6.49. The zero-order valence-corrected chi connectivity index (χ0v) is 16.4. The van der Waals surface area contributed by atoms with Crippen molar-refractivity contribution in [2.45, 2.75) is 26.9 Å². The van der Waals surface area contributed by atoms with Crippen LogP contribution < -0.4 is 10.1 Å². The SMILES string of the molecule is CC(C)(C)C(=O)Nc1ccc(C(=O)COc2ccc([N+](=O)[O-])cc2C(F)(F)F)cc1. The normalized spacial score (nSPS) is 11.7. The average molecular weight is 424 g/mol. The molecule has 0 aliphatic carbocycles. The van der Waals surface area contributed by atoms with Gasteiger partial charge in [0.1, 0.15) is 11.3 Å². The van der Waals surface area contributed by atoms with Crippen LogP contribution >= 0.6 is 0 Å². The smallest absolute Gasteiger partial charge is 0.420 e. The lowest BCUT2D eigenvalue weighted by Crippen LogP contribution is -2.27. The maximum Gasteiger partial charge on any atom is 0.420 e. The number of carbonyl (C=O) groups is 2. The van der Waals surface area contributed by atoms with Crippen LogP contribution in [0.2, 0.25) is 0 Å². The van der Waals surface area contributed by atoms with Crippen molar-refractivity contribution >= 4 is 23.1 Å². The zero-order valence-electron chi connectivity index (χ0n) is 16.4. The quantitative estimate of drug-likeness (QED) is 0.406. The number of anilines is 1. The van der Waals surface area contributed by atoms with E-state index in [0.717, 1.165) is 12.1 Å². The predicted molar refractivity (Wildman–Crippen MR) is 102 cm³/mol. The number of nitro benzene ring substituents is 1. The number of nitro groups is 1. The van der Waals surface area contributed by atoms with Gasteiger partial charge in [-0.05, 0) is 30.3 Å². The number of ketones is 1. The first-order chi connectivity index (χ1) is 13.8. The molecule has 0 fully saturated rings.